The second-order valence-electron chi connectivity index (χ2n) is 6.82. The number of carbonyl (C=O) groups excluding carboxylic acids is 2. The van der Waals surface area contributed by atoms with E-state index in [-0.39, 0.29) is 23.8 Å². The summed E-state index contributed by atoms with van der Waals surface area (Å²) >= 11 is 12.7. The van der Waals surface area contributed by atoms with E-state index in [0.717, 1.165) is 0 Å². The van der Waals surface area contributed by atoms with E-state index in [1.807, 2.05) is 20.8 Å². The number of carbonyl (C=O) groups is 2. The van der Waals surface area contributed by atoms with Gasteiger partial charge in [0.2, 0.25) is 5.91 Å². The van der Waals surface area contributed by atoms with Crippen molar-refractivity contribution in [3.05, 3.63) is 49.6 Å². The van der Waals surface area contributed by atoms with Crippen LogP contribution in [0.15, 0.2) is 33.3 Å². The monoisotopic (exact) mass is 517 g/mol. The third kappa shape index (κ3) is 4.80. The third-order valence-corrected chi connectivity index (χ3v) is 5.78. The number of phenolic OH excluding ortho intramolecular Hbond substituents is 1. The Labute approximate surface area is 179 Å². The maximum atomic E-state index is 13.2. The first kappa shape index (κ1) is 21.7. The van der Waals surface area contributed by atoms with Crippen LogP contribution in [0, 0.1) is 0 Å². The van der Waals surface area contributed by atoms with Gasteiger partial charge in [0, 0.05) is 27.5 Å². The van der Waals surface area contributed by atoms with Gasteiger partial charge in [0.05, 0.1) is 15.9 Å². The van der Waals surface area contributed by atoms with E-state index in [1.54, 1.807) is 12.1 Å². The Hall–Kier alpha value is -1.64. The van der Waals surface area contributed by atoms with Crippen molar-refractivity contribution in [1.29, 1.82) is 0 Å². The van der Waals surface area contributed by atoms with Gasteiger partial charge in [-0.3, -0.25) is 14.6 Å². The molecular weight excluding hydrogens is 501 g/mol. The molecule has 0 aliphatic carbocycles. The van der Waals surface area contributed by atoms with Crippen molar-refractivity contribution in [3.63, 3.8) is 0 Å². The SMILES string of the molecule is CC(C)(C)N(C(=O)Cc1c(O)c(Br)cc(Cl)c1Br)c1ccnc(C(N)=O)c1. The standard InChI is InChI=1S/C18H18Br2ClN3O3/c1-18(2,3)24(9-4-5-23-13(6-9)17(22)27)14(25)7-10-15(20)12(21)8-11(19)16(10)26/h4-6,8,26H,7H2,1-3H3,(H2,22,27). The maximum absolute atomic E-state index is 13.2. The van der Waals surface area contributed by atoms with Crippen LogP contribution >= 0.6 is 43.5 Å². The van der Waals surface area contributed by atoms with Crippen LogP contribution < -0.4 is 10.6 Å². The highest BCUT2D eigenvalue weighted by Gasteiger charge is 2.30. The van der Waals surface area contributed by atoms with Gasteiger partial charge in [-0.15, -0.1) is 0 Å². The molecule has 0 spiro atoms. The smallest absolute Gasteiger partial charge is 0.267 e. The summed E-state index contributed by atoms with van der Waals surface area (Å²) < 4.78 is 0.834. The molecule has 2 rings (SSSR count). The highest BCUT2D eigenvalue weighted by atomic mass is 79.9. The molecule has 3 N–H and O–H groups in total. The Kier molecular flexibility index (Phi) is 6.55. The van der Waals surface area contributed by atoms with Gasteiger partial charge in [-0.2, -0.15) is 0 Å². The van der Waals surface area contributed by atoms with E-state index in [0.29, 0.717) is 25.2 Å². The lowest BCUT2D eigenvalue weighted by molar-refractivity contribution is -0.119. The van der Waals surface area contributed by atoms with E-state index in [1.165, 1.54) is 17.2 Å². The number of aromatic nitrogens is 1. The number of halogens is 3. The molecule has 0 unspecified atom stereocenters. The van der Waals surface area contributed by atoms with Crippen LogP contribution in [0.1, 0.15) is 36.8 Å². The Balaban J connectivity index is 2.50. The van der Waals surface area contributed by atoms with Crippen molar-refractivity contribution >= 4 is 61.0 Å². The lowest BCUT2D eigenvalue weighted by atomic mass is 10.0. The molecule has 0 aliphatic rings. The maximum Gasteiger partial charge on any atom is 0.267 e. The van der Waals surface area contributed by atoms with Gasteiger partial charge in [0.15, 0.2) is 0 Å². The molecule has 0 saturated carbocycles. The second-order valence-corrected chi connectivity index (χ2v) is 8.88. The van der Waals surface area contributed by atoms with Gasteiger partial charge in [-0.25, -0.2) is 0 Å². The van der Waals surface area contributed by atoms with Gasteiger partial charge in [-0.1, -0.05) is 11.6 Å². The average molecular weight is 520 g/mol. The number of benzene rings is 1. The minimum absolute atomic E-state index is 0.0593. The van der Waals surface area contributed by atoms with Gasteiger partial charge < -0.3 is 15.7 Å². The fourth-order valence-electron chi connectivity index (χ4n) is 2.63. The van der Waals surface area contributed by atoms with Crippen molar-refractivity contribution in [2.75, 3.05) is 4.90 Å². The molecule has 0 saturated heterocycles. The second kappa shape index (κ2) is 8.16. The molecule has 0 bridgehead atoms. The molecule has 1 aromatic carbocycles. The molecule has 144 valence electrons. The molecular formula is C18H18Br2ClN3O3. The third-order valence-electron chi connectivity index (χ3n) is 3.74. The molecule has 2 amide bonds. The summed E-state index contributed by atoms with van der Waals surface area (Å²) in [6, 6.07) is 4.63. The minimum Gasteiger partial charge on any atom is -0.506 e. The highest BCUT2D eigenvalue weighted by Crippen LogP contribution is 2.39. The minimum atomic E-state index is -0.683. The predicted octanol–water partition coefficient (Wildman–Crippen LogP) is 4.44. The van der Waals surface area contributed by atoms with Crippen LogP contribution in [0.2, 0.25) is 5.02 Å². The van der Waals surface area contributed by atoms with E-state index >= 15 is 0 Å². The summed E-state index contributed by atoms with van der Waals surface area (Å²) in [5, 5.41) is 10.7. The first-order chi connectivity index (χ1) is 12.4. The molecule has 6 nitrogen and oxygen atoms in total. The summed E-state index contributed by atoms with van der Waals surface area (Å²) in [4.78, 5) is 30.1. The normalized spacial score (nSPS) is 11.3. The predicted molar refractivity (Wildman–Crippen MR) is 112 cm³/mol. The number of rotatable bonds is 4. The summed E-state index contributed by atoms with van der Waals surface area (Å²) in [5.41, 5.74) is 5.59. The van der Waals surface area contributed by atoms with Crippen molar-refractivity contribution < 1.29 is 14.7 Å². The molecule has 0 atom stereocenters. The van der Waals surface area contributed by atoms with Gasteiger partial charge in [0.25, 0.3) is 5.91 Å². The number of nitrogens with zero attached hydrogens (tertiary/aromatic N) is 2. The van der Waals surface area contributed by atoms with Gasteiger partial charge in [-0.05, 0) is 70.8 Å². The number of anilines is 1. The van der Waals surface area contributed by atoms with Crippen molar-refractivity contribution in [1.82, 2.24) is 4.98 Å². The lowest BCUT2D eigenvalue weighted by Crippen LogP contribution is -2.47. The molecule has 1 aromatic heterocycles. The molecule has 27 heavy (non-hydrogen) atoms. The number of primary amides is 1. The largest absolute Gasteiger partial charge is 0.506 e. The number of aromatic hydroxyl groups is 1. The van der Waals surface area contributed by atoms with Crippen LogP contribution in [0.3, 0.4) is 0 Å². The van der Waals surface area contributed by atoms with Crippen LogP contribution in [-0.2, 0) is 11.2 Å². The van der Waals surface area contributed by atoms with Crippen LogP contribution in [0.4, 0.5) is 5.69 Å². The van der Waals surface area contributed by atoms with Crippen LogP contribution in [-0.4, -0.2) is 27.4 Å². The Morgan fingerprint density at radius 2 is 1.93 bits per heavy atom. The summed E-state index contributed by atoms with van der Waals surface area (Å²) in [6.45, 7) is 5.58. The Morgan fingerprint density at radius 3 is 2.48 bits per heavy atom. The van der Waals surface area contributed by atoms with Gasteiger partial charge in [0.1, 0.15) is 11.4 Å². The highest BCUT2D eigenvalue weighted by molar-refractivity contribution is 9.11. The zero-order valence-corrected chi connectivity index (χ0v) is 18.8. The molecule has 1 heterocycles. The van der Waals surface area contributed by atoms with E-state index in [2.05, 4.69) is 36.8 Å². The van der Waals surface area contributed by atoms with Crippen molar-refractivity contribution in [3.8, 4) is 5.75 Å². The van der Waals surface area contributed by atoms with Crippen LogP contribution in [0.5, 0.6) is 5.75 Å². The molecule has 2 aromatic rings. The average Bonchev–Trinajstić information content (AvgIpc) is 2.56. The molecule has 0 aliphatic heterocycles. The van der Waals surface area contributed by atoms with Crippen molar-refractivity contribution in [2.24, 2.45) is 5.73 Å². The van der Waals surface area contributed by atoms with Crippen LogP contribution in [0.25, 0.3) is 0 Å². The number of hydrogen-bond acceptors (Lipinski definition) is 4. The van der Waals surface area contributed by atoms with E-state index < -0.39 is 11.4 Å². The topological polar surface area (TPSA) is 96.5 Å². The zero-order chi connectivity index (χ0) is 20.5. The summed E-state index contributed by atoms with van der Waals surface area (Å²) in [6.07, 6.45) is 1.31. The Bertz CT molecular complexity index is 887. The number of phenols is 1. The number of nitrogens with two attached hydrogens (primary N) is 1. The fraction of sp³-hybridized carbons (Fsp3) is 0.278. The van der Waals surface area contributed by atoms with Gasteiger partial charge >= 0.3 is 0 Å². The summed E-state index contributed by atoms with van der Waals surface area (Å²) in [5.74, 6) is -1.05. The molecule has 9 heteroatoms. The fourth-order valence-corrected chi connectivity index (χ4v) is 3.89. The zero-order valence-electron chi connectivity index (χ0n) is 14.9. The number of amides is 2. The van der Waals surface area contributed by atoms with Crippen molar-refractivity contribution in [2.45, 2.75) is 32.7 Å². The molecule has 0 fully saturated rings. The first-order valence-electron chi connectivity index (χ1n) is 7.87. The lowest BCUT2D eigenvalue weighted by Gasteiger charge is -2.36. The summed E-state index contributed by atoms with van der Waals surface area (Å²) in [7, 11) is 0. The number of pyridine rings is 1. The quantitative estimate of drug-likeness (QED) is 0.584. The molecule has 0 radical (unpaired) electrons. The number of hydrogen-bond donors (Lipinski definition) is 2. The van der Waals surface area contributed by atoms with E-state index in [9.17, 15) is 14.7 Å². The van der Waals surface area contributed by atoms with E-state index in [4.69, 9.17) is 17.3 Å². The first-order valence-corrected chi connectivity index (χ1v) is 9.84. The Morgan fingerprint density at radius 1 is 1.30 bits per heavy atom.